The molecule has 2 aromatic rings. The van der Waals surface area contributed by atoms with E-state index in [0.717, 1.165) is 30.2 Å². The number of rotatable bonds is 3. The largest absolute Gasteiger partial charge is 0.349 e. The Bertz CT molecular complexity index is 598. The minimum absolute atomic E-state index is 0. The molecule has 1 aliphatic rings. The number of thiophene rings is 1. The van der Waals surface area contributed by atoms with E-state index in [1.165, 1.54) is 4.70 Å². The highest BCUT2D eigenvalue weighted by molar-refractivity contribution is 7.17. The summed E-state index contributed by atoms with van der Waals surface area (Å²) in [5.41, 5.74) is 6.49. The highest BCUT2D eigenvalue weighted by Gasteiger charge is 2.27. The van der Waals surface area contributed by atoms with Crippen LogP contribution in [0.2, 0.25) is 0 Å². The van der Waals surface area contributed by atoms with Gasteiger partial charge in [0, 0.05) is 16.3 Å². The summed E-state index contributed by atoms with van der Waals surface area (Å²) in [5.74, 6) is 0.465. The molecule has 3 rings (SSSR count). The topological polar surface area (TPSA) is 55.1 Å². The summed E-state index contributed by atoms with van der Waals surface area (Å²) < 4.78 is 1.22. The average Bonchev–Trinajstić information content (AvgIpc) is 3.05. The van der Waals surface area contributed by atoms with E-state index in [-0.39, 0.29) is 24.4 Å². The Kier molecular flexibility index (Phi) is 5.02. The van der Waals surface area contributed by atoms with Crippen molar-refractivity contribution in [3.05, 3.63) is 35.2 Å². The van der Waals surface area contributed by atoms with E-state index in [4.69, 9.17) is 5.73 Å². The van der Waals surface area contributed by atoms with Gasteiger partial charge in [0.25, 0.3) is 5.91 Å². The molecule has 0 spiro atoms. The first-order valence-corrected chi connectivity index (χ1v) is 7.64. The highest BCUT2D eigenvalue weighted by atomic mass is 35.5. The number of carbonyl (C=O) groups excluding carboxylic acids is 1. The molecule has 1 aromatic carbocycles. The van der Waals surface area contributed by atoms with E-state index in [0.29, 0.717) is 12.5 Å². The molecule has 3 N–H and O–H groups in total. The van der Waals surface area contributed by atoms with Gasteiger partial charge in [-0.2, -0.15) is 0 Å². The number of hydrogen-bond acceptors (Lipinski definition) is 3. The summed E-state index contributed by atoms with van der Waals surface area (Å²) in [6, 6.07) is 8.18. The lowest BCUT2D eigenvalue weighted by atomic mass is 10.0. The van der Waals surface area contributed by atoms with Crippen LogP contribution in [0, 0.1) is 5.92 Å². The maximum absolute atomic E-state index is 12.3. The minimum Gasteiger partial charge on any atom is -0.349 e. The summed E-state index contributed by atoms with van der Waals surface area (Å²) in [7, 11) is 0. The normalized spacial score (nSPS) is 21.6. The van der Waals surface area contributed by atoms with Crippen molar-refractivity contribution >= 4 is 39.7 Å². The predicted octanol–water partition coefficient (Wildman–Crippen LogP) is 3.18. The molecule has 3 nitrogen and oxygen atoms in total. The average molecular weight is 311 g/mol. The number of benzene rings is 1. The Morgan fingerprint density at radius 2 is 2.20 bits per heavy atom. The van der Waals surface area contributed by atoms with Crippen molar-refractivity contribution in [2.24, 2.45) is 11.7 Å². The van der Waals surface area contributed by atoms with Crippen molar-refractivity contribution in [1.29, 1.82) is 0 Å². The van der Waals surface area contributed by atoms with Gasteiger partial charge >= 0.3 is 0 Å². The van der Waals surface area contributed by atoms with E-state index in [1.54, 1.807) is 11.3 Å². The lowest BCUT2D eigenvalue weighted by Gasteiger charge is -2.19. The number of fused-ring (bicyclic) bond motifs is 1. The third-order valence-corrected chi connectivity index (χ3v) is 4.89. The molecule has 2 unspecified atom stereocenters. The zero-order valence-electron chi connectivity index (χ0n) is 11.2. The summed E-state index contributed by atoms with van der Waals surface area (Å²) in [6.45, 7) is 0.661. The number of hydrogen-bond donors (Lipinski definition) is 2. The lowest BCUT2D eigenvalue weighted by molar-refractivity contribution is 0.0929. The van der Waals surface area contributed by atoms with Gasteiger partial charge in [-0.3, -0.25) is 4.79 Å². The number of amides is 1. The molecule has 0 aliphatic heterocycles. The van der Waals surface area contributed by atoms with Gasteiger partial charge in [-0.05, 0) is 60.3 Å². The molecule has 0 bridgehead atoms. The van der Waals surface area contributed by atoms with E-state index in [1.807, 2.05) is 23.6 Å². The van der Waals surface area contributed by atoms with Crippen LogP contribution in [0.1, 0.15) is 29.6 Å². The fourth-order valence-corrected chi connectivity index (χ4v) is 3.64. The van der Waals surface area contributed by atoms with Crippen LogP contribution in [0.5, 0.6) is 0 Å². The number of halogens is 1. The molecule has 5 heteroatoms. The second-order valence-corrected chi connectivity index (χ2v) is 6.13. The molecule has 0 radical (unpaired) electrons. The first-order valence-electron chi connectivity index (χ1n) is 6.76. The van der Waals surface area contributed by atoms with E-state index < -0.39 is 0 Å². The van der Waals surface area contributed by atoms with Gasteiger partial charge in [0.05, 0.1) is 0 Å². The van der Waals surface area contributed by atoms with E-state index in [2.05, 4.69) is 11.4 Å². The molecule has 20 heavy (non-hydrogen) atoms. The Labute approximate surface area is 129 Å². The number of nitrogens with two attached hydrogens (primary N) is 1. The first kappa shape index (κ1) is 15.3. The molecular formula is C15H19ClN2OS. The number of carbonyl (C=O) groups is 1. The summed E-state index contributed by atoms with van der Waals surface area (Å²) in [5, 5.41) is 6.33. The van der Waals surface area contributed by atoms with Crippen LogP contribution in [-0.2, 0) is 0 Å². The number of nitrogens with one attached hydrogen (secondary N) is 1. The van der Waals surface area contributed by atoms with Crippen molar-refractivity contribution in [2.75, 3.05) is 6.54 Å². The second kappa shape index (κ2) is 6.57. The molecular weight excluding hydrogens is 292 g/mol. The molecule has 108 valence electrons. The molecule has 1 fully saturated rings. The minimum atomic E-state index is 0. The third-order valence-electron chi connectivity index (χ3n) is 3.99. The fraction of sp³-hybridized carbons (Fsp3) is 0.400. The summed E-state index contributed by atoms with van der Waals surface area (Å²) in [6.07, 6.45) is 3.34. The molecule has 1 amide bonds. The SMILES string of the molecule is Cl.NCC1CCCC1NC(=O)c1ccc2sccc2c1. The predicted molar refractivity (Wildman–Crippen MR) is 86.7 cm³/mol. The van der Waals surface area contributed by atoms with Gasteiger partial charge in [-0.15, -0.1) is 23.7 Å². The Morgan fingerprint density at radius 1 is 1.35 bits per heavy atom. The van der Waals surface area contributed by atoms with Crippen LogP contribution in [0.25, 0.3) is 10.1 Å². The monoisotopic (exact) mass is 310 g/mol. The van der Waals surface area contributed by atoms with Crippen molar-refractivity contribution in [3.63, 3.8) is 0 Å². The van der Waals surface area contributed by atoms with Gasteiger partial charge in [0.2, 0.25) is 0 Å². The zero-order valence-corrected chi connectivity index (χ0v) is 12.8. The van der Waals surface area contributed by atoms with Crippen LogP contribution >= 0.6 is 23.7 Å². The van der Waals surface area contributed by atoms with Gasteiger partial charge < -0.3 is 11.1 Å². The van der Waals surface area contributed by atoms with Gasteiger partial charge in [0.1, 0.15) is 0 Å². The highest BCUT2D eigenvalue weighted by Crippen LogP contribution is 2.26. The van der Waals surface area contributed by atoms with E-state index >= 15 is 0 Å². The Balaban J connectivity index is 0.00000147. The summed E-state index contributed by atoms with van der Waals surface area (Å²) >= 11 is 1.70. The molecule has 2 atom stereocenters. The zero-order chi connectivity index (χ0) is 13.2. The quantitative estimate of drug-likeness (QED) is 0.915. The smallest absolute Gasteiger partial charge is 0.251 e. The Hall–Kier alpha value is -1.10. The maximum atomic E-state index is 12.3. The van der Waals surface area contributed by atoms with Crippen molar-refractivity contribution in [1.82, 2.24) is 5.32 Å². The van der Waals surface area contributed by atoms with Crippen LogP contribution in [0.15, 0.2) is 29.6 Å². The van der Waals surface area contributed by atoms with Crippen molar-refractivity contribution in [2.45, 2.75) is 25.3 Å². The standard InChI is InChI=1S/C15H18N2OS.ClH/c16-9-12-2-1-3-13(12)17-15(18)11-4-5-14-10(8-11)6-7-19-14;/h4-8,12-13H,1-3,9,16H2,(H,17,18);1H. The third kappa shape index (κ3) is 2.97. The molecule has 1 heterocycles. The molecule has 1 aliphatic carbocycles. The first-order chi connectivity index (χ1) is 9.28. The molecule has 0 saturated heterocycles. The van der Waals surface area contributed by atoms with Gasteiger partial charge in [-0.25, -0.2) is 0 Å². The molecule has 1 aromatic heterocycles. The van der Waals surface area contributed by atoms with Gasteiger partial charge in [-0.1, -0.05) is 6.42 Å². The Morgan fingerprint density at radius 3 is 3.00 bits per heavy atom. The van der Waals surface area contributed by atoms with Gasteiger partial charge in [0.15, 0.2) is 0 Å². The van der Waals surface area contributed by atoms with Crippen LogP contribution in [0.3, 0.4) is 0 Å². The van der Waals surface area contributed by atoms with E-state index in [9.17, 15) is 4.79 Å². The van der Waals surface area contributed by atoms with Crippen molar-refractivity contribution in [3.8, 4) is 0 Å². The van der Waals surface area contributed by atoms with Crippen LogP contribution < -0.4 is 11.1 Å². The van der Waals surface area contributed by atoms with Crippen LogP contribution in [0.4, 0.5) is 0 Å². The molecule has 1 saturated carbocycles. The van der Waals surface area contributed by atoms with Crippen molar-refractivity contribution < 1.29 is 4.79 Å². The lowest BCUT2D eigenvalue weighted by Crippen LogP contribution is -2.39. The van der Waals surface area contributed by atoms with Crippen LogP contribution in [-0.4, -0.2) is 18.5 Å². The maximum Gasteiger partial charge on any atom is 0.251 e. The fourth-order valence-electron chi connectivity index (χ4n) is 2.87. The summed E-state index contributed by atoms with van der Waals surface area (Å²) in [4.78, 5) is 12.3. The second-order valence-electron chi connectivity index (χ2n) is 5.18.